The lowest BCUT2D eigenvalue weighted by Crippen LogP contribution is -2.29. The molecule has 0 aliphatic heterocycles. The van der Waals surface area contributed by atoms with E-state index < -0.39 is 0 Å². The molecule has 2 rings (SSSR count). The average molecular weight is 279 g/mol. The van der Waals surface area contributed by atoms with Crippen LogP contribution in [-0.4, -0.2) is 20.9 Å². The van der Waals surface area contributed by atoms with Gasteiger partial charge in [0, 0.05) is 23.7 Å². The molecule has 19 heavy (non-hydrogen) atoms. The Kier molecular flexibility index (Phi) is 4.16. The first-order chi connectivity index (χ1) is 9.10. The molecule has 1 atom stereocenters. The summed E-state index contributed by atoms with van der Waals surface area (Å²) in [5, 5.41) is 3.24. The number of imidazole rings is 1. The monoisotopic (exact) mass is 278 g/mol. The van der Waals surface area contributed by atoms with Crippen molar-refractivity contribution in [2.45, 2.75) is 26.3 Å². The third kappa shape index (κ3) is 3.32. The summed E-state index contributed by atoms with van der Waals surface area (Å²) in [6.45, 7) is 3.78. The summed E-state index contributed by atoms with van der Waals surface area (Å²) in [7, 11) is 0. The second-order valence-corrected chi connectivity index (χ2v) is 4.62. The molecule has 0 spiro atoms. The van der Waals surface area contributed by atoms with Gasteiger partial charge in [-0.2, -0.15) is 0 Å². The first-order valence-electron chi connectivity index (χ1n) is 6.04. The van der Waals surface area contributed by atoms with Gasteiger partial charge in [-0.3, -0.25) is 4.79 Å². The van der Waals surface area contributed by atoms with Crippen molar-refractivity contribution in [3.8, 4) is 0 Å². The van der Waals surface area contributed by atoms with Crippen molar-refractivity contribution < 1.29 is 4.79 Å². The van der Waals surface area contributed by atoms with Crippen molar-refractivity contribution in [3.05, 3.63) is 46.8 Å². The minimum absolute atomic E-state index is 0.144. The normalized spacial score (nSPS) is 12.2. The summed E-state index contributed by atoms with van der Waals surface area (Å²) in [5.41, 5.74) is 1.21. The number of hydrogen-bond acceptors (Lipinski definition) is 3. The molecular formula is C13H15ClN4O. The van der Waals surface area contributed by atoms with Crippen molar-refractivity contribution in [2.75, 3.05) is 0 Å². The van der Waals surface area contributed by atoms with Crippen LogP contribution >= 0.6 is 11.6 Å². The van der Waals surface area contributed by atoms with Crippen molar-refractivity contribution in [1.29, 1.82) is 0 Å². The van der Waals surface area contributed by atoms with Crippen LogP contribution in [0.2, 0.25) is 5.15 Å². The average Bonchev–Trinajstić information content (AvgIpc) is 2.88. The Morgan fingerprint density at radius 2 is 2.32 bits per heavy atom. The standard InChI is InChI=1S/C13H15ClN4O/c1-3-10(12-15-4-5-16-12)18-13(19)9-6-8(2)17-11(14)7-9/h4-7,10H,3H2,1-2H3,(H,15,16)(H,18,19). The molecule has 2 aromatic heterocycles. The Balaban J connectivity index is 2.15. The number of aromatic amines is 1. The van der Waals surface area contributed by atoms with Crippen LogP contribution < -0.4 is 5.32 Å². The molecule has 0 bridgehead atoms. The Morgan fingerprint density at radius 3 is 2.89 bits per heavy atom. The molecule has 2 heterocycles. The lowest BCUT2D eigenvalue weighted by atomic mass is 10.1. The Hall–Kier alpha value is -1.88. The second-order valence-electron chi connectivity index (χ2n) is 4.23. The number of H-pyrrole nitrogens is 1. The molecule has 2 N–H and O–H groups in total. The first kappa shape index (κ1) is 13.5. The van der Waals surface area contributed by atoms with Crippen molar-refractivity contribution in [3.63, 3.8) is 0 Å². The fourth-order valence-electron chi connectivity index (χ4n) is 1.83. The fraction of sp³-hybridized carbons (Fsp3) is 0.308. The number of pyridine rings is 1. The molecule has 1 unspecified atom stereocenters. The number of aromatic nitrogens is 3. The zero-order valence-electron chi connectivity index (χ0n) is 10.8. The number of amides is 1. The Bertz CT molecular complexity index is 548. The van der Waals surface area contributed by atoms with Gasteiger partial charge < -0.3 is 10.3 Å². The minimum atomic E-state index is -0.185. The zero-order chi connectivity index (χ0) is 13.8. The van der Waals surface area contributed by atoms with Gasteiger partial charge in [-0.25, -0.2) is 9.97 Å². The molecule has 2 aromatic rings. The second kappa shape index (κ2) is 5.84. The molecule has 0 aromatic carbocycles. The molecule has 0 aliphatic rings. The molecule has 0 saturated carbocycles. The van der Waals surface area contributed by atoms with E-state index in [2.05, 4.69) is 20.3 Å². The molecule has 1 amide bonds. The van der Waals surface area contributed by atoms with E-state index in [1.54, 1.807) is 31.5 Å². The van der Waals surface area contributed by atoms with E-state index in [-0.39, 0.29) is 11.9 Å². The van der Waals surface area contributed by atoms with Crippen LogP contribution in [0.1, 0.15) is 41.3 Å². The molecule has 0 fully saturated rings. The fourth-order valence-corrected chi connectivity index (χ4v) is 2.08. The number of carbonyl (C=O) groups is 1. The summed E-state index contributed by atoms with van der Waals surface area (Å²) in [5.74, 6) is 0.559. The van der Waals surface area contributed by atoms with Gasteiger partial charge >= 0.3 is 0 Å². The highest BCUT2D eigenvalue weighted by Crippen LogP contribution is 2.15. The van der Waals surface area contributed by atoms with Crippen LogP contribution in [0, 0.1) is 6.92 Å². The van der Waals surface area contributed by atoms with Crippen LogP contribution in [0.5, 0.6) is 0 Å². The number of nitrogens with one attached hydrogen (secondary N) is 2. The van der Waals surface area contributed by atoms with Crippen LogP contribution in [-0.2, 0) is 0 Å². The van der Waals surface area contributed by atoms with E-state index in [9.17, 15) is 4.79 Å². The molecule has 0 aliphatic carbocycles. The predicted octanol–water partition coefficient (Wildman–Crippen LogP) is 2.65. The third-order valence-electron chi connectivity index (χ3n) is 2.75. The third-order valence-corrected chi connectivity index (χ3v) is 2.94. The van der Waals surface area contributed by atoms with E-state index in [0.29, 0.717) is 16.4 Å². The van der Waals surface area contributed by atoms with Gasteiger partial charge in [0.15, 0.2) is 0 Å². The Morgan fingerprint density at radius 1 is 1.53 bits per heavy atom. The summed E-state index contributed by atoms with van der Waals surface area (Å²) in [4.78, 5) is 23.4. The highest BCUT2D eigenvalue weighted by Gasteiger charge is 2.16. The van der Waals surface area contributed by atoms with Gasteiger partial charge in [-0.15, -0.1) is 0 Å². The summed E-state index contributed by atoms with van der Waals surface area (Å²) >= 11 is 5.85. The largest absolute Gasteiger partial charge is 0.347 e. The van der Waals surface area contributed by atoms with Crippen LogP contribution in [0.15, 0.2) is 24.5 Å². The van der Waals surface area contributed by atoms with Gasteiger partial charge in [0.1, 0.15) is 11.0 Å². The summed E-state index contributed by atoms with van der Waals surface area (Å²) in [6, 6.07) is 3.11. The lowest BCUT2D eigenvalue weighted by Gasteiger charge is -2.14. The molecule has 100 valence electrons. The number of rotatable bonds is 4. The number of nitrogens with zero attached hydrogens (tertiary/aromatic N) is 2. The maximum Gasteiger partial charge on any atom is 0.252 e. The van der Waals surface area contributed by atoms with Gasteiger partial charge in [0.25, 0.3) is 5.91 Å². The smallest absolute Gasteiger partial charge is 0.252 e. The van der Waals surface area contributed by atoms with E-state index in [4.69, 9.17) is 11.6 Å². The number of aryl methyl sites for hydroxylation is 1. The number of hydrogen-bond donors (Lipinski definition) is 2. The molecule has 6 heteroatoms. The topological polar surface area (TPSA) is 70.7 Å². The van der Waals surface area contributed by atoms with Crippen LogP contribution in [0.4, 0.5) is 0 Å². The van der Waals surface area contributed by atoms with E-state index >= 15 is 0 Å². The summed E-state index contributed by atoms with van der Waals surface area (Å²) < 4.78 is 0. The first-order valence-corrected chi connectivity index (χ1v) is 6.42. The number of halogens is 1. The maximum absolute atomic E-state index is 12.2. The molecule has 5 nitrogen and oxygen atoms in total. The van der Waals surface area contributed by atoms with E-state index in [0.717, 1.165) is 12.2 Å². The zero-order valence-corrected chi connectivity index (χ0v) is 11.5. The SMILES string of the molecule is CCC(NC(=O)c1cc(C)nc(Cl)c1)c1ncc[nH]1. The molecule has 0 saturated heterocycles. The molecular weight excluding hydrogens is 264 g/mol. The highest BCUT2D eigenvalue weighted by atomic mass is 35.5. The van der Waals surface area contributed by atoms with Crippen molar-refractivity contribution in [2.24, 2.45) is 0 Å². The van der Waals surface area contributed by atoms with Gasteiger partial charge in [0.05, 0.1) is 6.04 Å². The molecule has 0 radical (unpaired) electrons. The van der Waals surface area contributed by atoms with E-state index in [1.165, 1.54) is 0 Å². The quantitative estimate of drug-likeness (QED) is 0.845. The minimum Gasteiger partial charge on any atom is -0.347 e. The Labute approximate surface area is 116 Å². The summed E-state index contributed by atoms with van der Waals surface area (Å²) in [6.07, 6.45) is 4.15. The van der Waals surface area contributed by atoms with Crippen molar-refractivity contribution in [1.82, 2.24) is 20.3 Å². The predicted molar refractivity (Wildman–Crippen MR) is 73.1 cm³/mol. The maximum atomic E-state index is 12.2. The van der Waals surface area contributed by atoms with Crippen LogP contribution in [0.3, 0.4) is 0 Å². The van der Waals surface area contributed by atoms with Gasteiger partial charge in [-0.05, 0) is 25.5 Å². The number of carbonyl (C=O) groups excluding carboxylic acids is 1. The van der Waals surface area contributed by atoms with Gasteiger partial charge in [-0.1, -0.05) is 18.5 Å². The van der Waals surface area contributed by atoms with Crippen molar-refractivity contribution >= 4 is 17.5 Å². The highest BCUT2D eigenvalue weighted by molar-refractivity contribution is 6.29. The van der Waals surface area contributed by atoms with Crippen LogP contribution in [0.25, 0.3) is 0 Å². The van der Waals surface area contributed by atoms with E-state index in [1.807, 2.05) is 6.92 Å². The lowest BCUT2D eigenvalue weighted by molar-refractivity contribution is 0.0933. The van der Waals surface area contributed by atoms with Gasteiger partial charge in [0.2, 0.25) is 0 Å².